The lowest BCUT2D eigenvalue weighted by atomic mass is 9.81. The molecule has 1 unspecified atom stereocenters. The number of aromatic nitrogens is 1. The van der Waals surface area contributed by atoms with Crippen molar-refractivity contribution in [2.24, 2.45) is 10.1 Å². The van der Waals surface area contributed by atoms with E-state index in [0.717, 1.165) is 35.9 Å². The molecular formula is C36H36Cl2F3N7O5S. The lowest BCUT2D eigenvalue weighted by molar-refractivity contribution is -0.848. The van der Waals surface area contributed by atoms with Crippen molar-refractivity contribution < 1.29 is 54.3 Å². The second-order valence-electron chi connectivity index (χ2n) is 12.4. The zero-order valence-corrected chi connectivity index (χ0v) is 31.6. The van der Waals surface area contributed by atoms with Crippen molar-refractivity contribution in [1.29, 1.82) is 5.26 Å². The molecular weight excluding hydrogens is 770 g/mol. The summed E-state index contributed by atoms with van der Waals surface area (Å²) in [6.45, 7) is 0.686. The normalized spacial score (nSPS) is 16.1. The van der Waals surface area contributed by atoms with Crippen molar-refractivity contribution in [1.82, 2.24) is 9.88 Å². The van der Waals surface area contributed by atoms with Gasteiger partial charge in [0.05, 0.1) is 34.6 Å². The Bertz CT molecular complexity index is 2030. The summed E-state index contributed by atoms with van der Waals surface area (Å²) in [7, 11) is 3.40. The number of hydrogen-bond donors (Lipinski definition) is 2. The average Bonchev–Trinajstić information content (AvgIpc) is 3.79. The summed E-state index contributed by atoms with van der Waals surface area (Å²) in [5.41, 5.74) is -0.333. The van der Waals surface area contributed by atoms with Gasteiger partial charge in [0.1, 0.15) is 43.8 Å². The predicted molar refractivity (Wildman–Crippen MR) is 195 cm³/mol. The molecule has 1 aromatic heterocycles. The molecule has 3 atom stereocenters. The highest BCUT2D eigenvalue weighted by molar-refractivity contribution is 7.10. The highest BCUT2D eigenvalue weighted by Gasteiger charge is 2.49. The molecule has 2 heterocycles. The monoisotopic (exact) mass is 805 g/mol. The third-order valence-corrected chi connectivity index (χ3v) is 9.34. The summed E-state index contributed by atoms with van der Waals surface area (Å²) >= 11 is 1.22. The Morgan fingerprint density at radius 1 is 1.07 bits per heavy atom. The van der Waals surface area contributed by atoms with Crippen LogP contribution in [0.2, 0.25) is 0 Å². The van der Waals surface area contributed by atoms with E-state index in [9.17, 15) is 23.5 Å². The zero-order chi connectivity index (χ0) is 37.5. The lowest BCUT2D eigenvalue weighted by Crippen LogP contribution is -3.00. The Hall–Kier alpha value is -4.89. The van der Waals surface area contributed by atoms with Gasteiger partial charge in [0.2, 0.25) is 6.34 Å². The van der Waals surface area contributed by atoms with E-state index in [4.69, 9.17) is 19.7 Å². The molecule has 12 nitrogen and oxygen atoms in total. The molecule has 54 heavy (non-hydrogen) atoms. The first-order chi connectivity index (χ1) is 24.8. The maximum Gasteiger partial charge on any atom is 0.411 e. The maximum absolute atomic E-state index is 15.5. The molecule has 0 bridgehead atoms. The van der Waals surface area contributed by atoms with E-state index in [1.54, 1.807) is 55.6 Å². The Morgan fingerprint density at radius 2 is 1.78 bits per heavy atom. The second kappa shape index (κ2) is 18.9. The molecule has 0 saturated heterocycles. The molecule has 0 radical (unpaired) electrons. The van der Waals surface area contributed by atoms with Gasteiger partial charge in [0.15, 0.2) is 11.9 Å². The molecule has 1 aliphatic heterocycles. The first kappa shape index (κ1) is 43.5. The highest BCUT2D eigenvalue weighted by Crippen LogP contribution is 2.42. The minimum atomic E-state index is -2.12. The van der Waals surface area contributed by atoms with Crippen molar-refractivity contribution >= 4 is 54.2 Å². The number of nitriles is 1. The SMILES string of the molecule is C[C@@H](c1nc(-c2ccc(C#N)cc2)cs1)[C@](O)(C[N+]1(CCOC(=O)Nc2cc(F)ccc2COC(=O)CN(C)C)C=NC=N1)c1cc(F)ccc1F.Cl.[Cl-]. The number of nitrogens with one attached hydrogen (secondary N) is 1. The van der Waals surface area contributed by atoms with E-state index < -0.39 is 45.6 Å². The number of carbonyl (C=O) groups excluding carboxylic acids is 2. The molecule has 286 valence electrons. The largest absolute Gasteiger partial charge is 1.00 e. The number of thiazole rings is 1. The highest BCUT2D eigenvalue weighted by atomic mass is 35.5. The van der Waals surface area contributed by atoms with Crippen LogP contribution in [0.1, 0.15) is 34.5 Å². The molecule has 0 aliphatic carbocycles. The van der Waals surface area contributed by atoms with Crippen LogP contribution in [0.15, 0.2) is 76.1 Å². The van der Waals surface area contributed by atoms with Gasteiger partial charge in [-0.05, 0) is 56.6 Å². The molecule has 2 N–H and O–H groups in total. The van der Waals surface area contributed by atoms with Crippen LogP contribution in [0.4, 0.5) is 23.7 Å². The van der Waals surface area contributed by atoms with Crippen LogP contribution in [0.5, 0.6) is 0 Å². The van der Waals surface area contributed by atoms with Gasteiger partial charge in [-0.1, -0.05) is 30.2 Å². The van der Waals surface area contributed by atoms with Gasteiger partial charge in [0.25, 0.3) is 0 Å². The fourth-order valence-electron chi connectivity index (χ4n) is 5.53. The van der Waals surface area contributed by atoms with E-state index in [1.165, 1.54) is 30.1 Å². The van der Waals surface area contributed by atoms with Crippen molar-refractivity contribution in [3.63, 3.8) is 0 Å². The number of halogens is 5. The van der Waals surface area contributed by atoms with Crippen LogP contribution in [-0.4, -0.2) is 84.7 Å². The van der Waals surface area contributed by atoms with Gasteiger partial charge in [-0.25, -0.2) is 22.9 Å². The molecule has 0 spiro atoms. The van der Waals surface area contributed by atoms with Crippen LogP contribution >= 0.6 is 23.7 Å². The van der Waals surface area contributed by atoms with Gasteiger partial charge in [-0.15, -0.1) is 28.3 Å². The summed E-state index contributed by atoms with van der Waals surface area (Å²) in [4.78, 5) is 35.3. The summed E-state index contributed by atoms with van der Waals surface area (Å²) in [5, 5.41) is 30.6. The van der Waals surface area contributed by atoms with E-state index >= 15 is 4.39 Å². The summed E-state index contributed by atoms with van der Waals surface area (Å²) in [5.74, 6) is -3.70. The molecule has 5 rings (SSSR count). The van der Waals surface area contributed by atoms with Gasteiger partial charge < -0.3 is 27.0 Å². The summed E-state index contributed by atoms with van der Waals surface area (Å²) in [6, 6.07) is 15.2. The number of carbonyl (C=O) groups is 2. The van der Waals surface area contributed by atoms with Crippen LogP contribution in [0, 0.1) is 28.8 Å². The standard InChI is InChI=1S/C36H34F3N7O5S.2ClH/c1-23(34-43-32(19-52-34)25-6-4-24(16-40)5-7-25)36(49,29-14-27(37)10-11-30(29)39)20-46(22-41-21-42-46)12-13-50-35(48)44-31-15-28(38)9-8-26(31)18-51-33(47)17-45(2)3;;/h4-11,14-15,19,21-23,49H,12-13,17-18,20H2,1-3H3;2*1H/t23-,36+,46?;;/m0../s1. The number of esters is 1. The molecule has 18 heteroatoms. The number of ether oxygens (including phenoxy) is 2. The minimum Gasteiger partial charge on any atom is -1.00 e. The van der Waals surface area contributed by atoms with Crippen LogP contribution < -0.4 is 17.7 Å². The fraction of sp³-hybridized carbons (Fsp3) is 0.278. The van der Waals surface area contributed by atoms with Crippen LogP contribution in [-0.2, 0) is 26.5 Å². The van der Waals surface area contributed by atoms with Gasteiger partial charge in [0, 0.05) is 28.0 Å². The number of benzene rings is 3. The number of quaternary nitrogens is 1. The first-order valence-corrected chi connectivity index (χ1v) is 16.8. The number of anilines is 1. The second-order valence-corrected chi connectivity index (χ2v) is 13.2. The zero-order valence-electron chi connectivity index (χ0n) is 29.2. The van der Waals surface area contributed by atoms with E-state index in [0.29, 0.717) is 21.8 Å². The first-order valence-electron chi connectivity index (χ1n) is 15.9. The van der Waals surface area contributed by atoms with Crippen molar-refractivity contribution in [3.8, 4) is 17.3 Å². The van der Waals surface area contributed by atoms with E-state index in [-0.39, 0.29) is 68.9 Å². The van der Waals surface area contributed by atoms with Crippen molar-refractivity contribution in [3.05, 3.63) is 105 Å². The number of rotatable bonds is 14. The third kappa shape index (κ3) is 10.6. The number of amides is 1. The Kier molecular flexibility index (Phi) is 15.3. The number of aliphatic imine (C=N–C) groups is 1. The number of nitrogens with zero attached hydrogens (tertiary/aromatic N) is 6. The molecule has 3 aromatic carbocycles. The number of likely N-dealkylation sites (N-methyl/N-ethyl adjacent to an activating group) is 1. The van der Waals surface area contributed by atoms with Gasteiger partial charge >= 0.3 is 12.1 Å². The van der Waals surface area contributed by atoms with Crippen molar-refractivity contribution in [2.75, 3.05) is 45.7 Å². The fourth-order valence-corrected chi connectivity index (χ4v) is 6.50. The van der Waals surface area contributed by atoms with Gasteiger partial charge in [-0.2, -0.15) is 10.3 Å². The van der Waals surface area contributed by atoms with Crippen LogP contribution in [0.25, 0.3) is 11.3 Å². The summed E-state index contributed by atoms with van der Waals surface area (Å²) in [6.07, 6.45) is 1.66. The molecule has 1 aliphatic rings. The number of aliphatic hydroxyl groups is 1. The van der Waals surface area contributed by atoms with E-state index in [2.05, 4.69) is 21.5 Å². The minimum absolute atomic E-state index is 0. The molecule has 4 aromatic rings. The van der Waals surface area contributed by atoms with E-state index in [1.807, 2.05) is 0 Å². The molecule has 0 saturated carbocycles. The van der Waals surface area contributed by atoms with Crippen LogP contribution in [0.3, 0.4) is 0 Å². The maximum atomic E-state index is 15.5. The smallest absolute Gasteiger partial charge is 0.411 e. The third-order valence-electron chi connectivity index (χ3n) is 8.31. The molecule has 0 fully saturated rings. The predicted octanol–water partition coefficient (Wildman–Crippen LogP) is 3.17. The Morgan fingerprint density at radius 3 is 2.44 bits per heavy atom. The summed E-state index contributed by atoms with van der Waals surface area (Å²) < 4.78 is 54.4. The van der Waals surface area contributed by atoms with Gasteiger partial charge in [-0.3, -0.25) is 15.0 Å². The van der Waals surface area contributed by atoms with Crippen molar-refractivity contribution in [2.45, 2.75) is 25.0 Å². The molecule has 1 amide bonds. The average molecular weight is 807 g/mol. The quantitative estimate of drug-likeness (QED) is 0.146. The topological polar surface area (TPSA) is 150 Å². The lowest BCUT2D eigenvalue weighted by Gasteiger charge is -2.38. The Balaban J connectivity index is 0.00000392. The Labute approximate surface area is 326 Å². The number of hydrogen-bond acceptors (Lipinski definition) is 11.